The van der Waals surface area contributed by atoms with Gasteiger partial charge in [0.1, 0.15) is 23.4 Å². The van der Waals surface area contributed by atoms with Crippen LogP contribution in [0, 0.1) is 13.8 Å². The molecule has 0 aliphatic carbocycles. The van der Waals surface area contributed by atoms with E-state index in [4.69, 9.17) is 4.42 Å². The smallest absolute Gasteiger partial charge is 0.255 e. The zero-order valence-corrected chi connectivity index (χ0v) is 15.5. The molecular formula is C20H22N4O3. The summed E-state index contributed by atoms with van der Waals surface area (Å²) in [7, 11) is 1.87. The van der Waals surface area contributed by atoms with Gasteiger partial charge in [-0.15, -0.1) is 0 Å². The van der Waals surface area contributed by atoms with Gasteiger partial charge in [-0.2, -0.15) is 0 Å². The van der Waals surface area contributed by atoms with Gasteiger partial charge in [0.25, 0.3) is 5.91 Å². The second-order valence-electron chi connectivity index (χ2n) is 6.32. The minimum absolute atomic E-state index is 0.143. The highest BCUT2D eigenvalue weighted by atomic mass is 16.3. The van der Waals surface area contributed by atoms with Gasteiger partial charge >= 0.3 is 0 Å². The number of carbonyl (C=O) groups excluding carboxylic acids is 2. The normalized spacial score (nSPS) is 11.8. The molecule has 0 saturated carbocycles. The molecule has 0 fully saturated rings. The molecule has 27 heavy (non-hydrogen) atoms. The Bertz CT molecular complexity index is 943. The van der Waals surface area contributed by atoms with Crippen LogP contribution in [0.2, 0.25) is 0 Å². The van der Waals surface area contributed by atoms with Crippen LogP contribution in [-0.2, 0) is 11.8 Å². The lowest BCUT2D eigenvalue weighted by atomic mass is 10.1. The first kappa shape index (κ1) is 18.4. The molecule has 1 aromatic carbocycles. The molecule has 0 spiro atoms. The standard InChI is InChI=1S/C20H22N4O3/c1-13-11-16(14(2)27-13)20(26)22-12-17(25)23-18(15-7-5-4-6-8-15)19-21-9-10-24(19)3/h4-11,18H,12H2,1-3H3,(H,22,26)(H,23,25). The van der Waals surface area contributed by atoms with Gasteiger partial charge in [-0.25, -0.2) is 4.98 Å². The molecule has 0 saturated heterocycles. The van der Waals surface area contributed by atoms with Crippen molar-refractivity contribution in [2.24, 2.45) is 7.05 Å². The van der Waals surface area contributed by atoms with E-state index in [2.05, 4.69) is 15.6 Å². The van der Waals surface area contributed by atoms with Gasteiger partial charge in [0.15, 0.2) is 0 Å². The molecule has 2 aromatic heterocycles. The van der Waals surface area contributed by atoms with Gasteiger partial charge < -0.3 is 19.6 Å². The number of aryl methyl sites for hydroxylation is 3. The molecule has 2 N–H and O–H groups in total. The Kier molecular flexibility index (Phi) is 5.40. The second kappa shape index (κ2) is 7.90. The fourth-order valence-electron chi connectivity index (χ4n) is 2.92. The summed E-state index contributed by atoms with van der Waals surface area (Å²) in [5.41, 5.74) is 1.34. The van der Waals surface area contributed by atoms with Crippen LogP contribution in [0.1, 0.15) is 39.3 Å². The summed E-state index contributed by atoms with van der Waals surface area (Å²) in [5.74, 6) is 1.25. The Labute approximate surface area is 157 Å². The number of hydrogen-bond acceptors (Lipinski definition) is 4. The van der Waals surface area contributed by atoms with Crippen molar-refractivity contribution in [3.05, 3.63) is 77.3 Å². The van der Waals surface area contributed by atoms with Crippen LogP contribution in [0.15, 0.2) is 53.2 Å². The second-order valence-corrected chi connectivity index (χ2v) is 6.32. The maximum Gasteiger partial charge on any atom is 0.255 e. The average molecular weight is 366 g/mol. The SMILES string of the molecule is Cc1cc(C(=O)NCC(=O)NC(c2ccccc2)c2nccn2C)c(C)o1. The minimum Gasteiger partial charge on any atom is -0.466 e. The Morgan fingerprint density at radius 3 is 2.56 bits per heavy atom. The van der Waals surface area contributed by atoms with Crippen molar-refractivity contribution in [1.29, 1.82) is 0 Å². The topological polar surface area (TPSA) is 89.2 Å². The number of nitrogens with zero attached hydrogens (tertiary/aromatic N) is 2. The van der Waals surface area contributed by atoms with Crippen molar-refractivity contribution in [2.75, 3.05) is 6.54 Å². The van der Waals surface area contributed by atoms with Gasteiger partial charge in [-0.3, -0.25) is 9.59 Å². The van der Waals surface area contributed by atoms with Crippen LogP contribution in [0.25, 0.3) is 0 Å². The lowest BCUT2D eigenvalue weighted by molar-refractivity contribution is -0.120. The highest BCUT2D eigenvalue weighted by Crippen LogP contribution is 2.20. The number of amides is 2. The lowest BCUT2D eigenvalue weighted by Crippen LogP contribution is -2.39. The summed E-state index contributed by atoms with van der Waals surface area (Å²) in [6.07, 6.45) is 3.51. The van der Waals surface area contributed by atoms with Crippen LogP contribution < -0.4 is 10.6 Å². The average Bonchev–Trinajstić information content (AvgIpc) is 3.23. The molecule has 140 valence electrons. The quantitative estimate of drug-likeness (QED) is 0.700. The fraction of sp³-hybridized carbons (Fsp3) is 0.250. The predicted octanol–water partition coefficient (Wildman–Crippen LogP) is 2.27. The number of carbonyl (C=O) groups is 2. The van der Waals surface area contributed by atoms with E-state index < -0.39 is 6.04 Å². The van der Waals surface area contributed by atoms with E-state index in [0.29, 0.717) is 22.9 Å². The zero-order chi connectivity index (χ0) is 19.4. The number of hydrogen-bond donors (Lipinski definition) is 2. The van der Waals surface area contributed by atoms with Crippen molar-refractivity contribution in [1.82, 2.24) is 20.2 Å². The third kappa shape index (κ3) is 4.25. The van der Waals surface area contributed by atoms with Crippen molar-refractivity contribution in [3.8, 4) is 0 Å². The molecule has 3 rings (SSSR count). The molecule has 3 aromatic rings. The summed E-state index contributed by atoms with van der Waals surface area (Å²) in [4.78, 5) is 29.1. The first-order chi connectivity index (χ1) is 13.0. The summed E-state index contributed by atoms with van der Waals surface area (Å²) >= 11 is 0. The maximum absolute atomic E-state index is 12.5. The van der Waals surface area contributed by atoms with Gasteiger partial charge in [-0.1, -0.05) is 30.3 Å². The van der Waals surface area contributed by atoms with Crippen molar-refractivity contribution in [2.45, 2.75) is 19.9 Å². The molecule has 0 radical (unpaired) electrons. The highest BCUT2D eigenvalue weighted by molar-refractivity contribution is 5.97. The molecule has 0 aliphatic heterocycles. The molecule has 0 bridgehead atoms. The van der Waals surface area contributed by atoms with E-state index in [1.54, 1.807) is 26.1 Å². The monoisotopic (exact) mass is 366 g/mol. The van der Waals surface area contributed by atoms with Crippen LogP contribution in [0.4, 0.5) is 0 Å². The van der Waals surface area contributed by atoms with Gasteiger partial charge in [-0.05, 0) is 25.5 Å². The van der Waals surface area contributed by atoms with E-state index in [1.165, 1.54) is 0 Å². The molecule has 0 aliphatic rings. The maximum atomic E-state index is 12.5. The molecule has 1 unspecified atom stereocenters. The predicted molar refractivity (Wildman–Crippen MR) is 100 cm³/mol. The van der Waals surface area contributed by atoms with Gasteiger partial charge in [0, 0.05) is 19.4 Å². The van der Waals surface area contributed by atoms with Crippen LogP contribution in [0.3, 0.4) is 0 Å². The first-order valence-electron chi connectivity index (χ1n) is 8.62. The number of imidazole rings is 1. The summed E-state index contributed by atoms with van der Waals surface area (Å²) in [5, 5.41) is 5.57. The molecule has 2 heterocycles. The molecular weight excluding hydrogens is 344 g/mol. The minimum atomic E-state index is -0.409. The molecule has 7 heteroatoms. The lowest BCUT2D eigenvalue weighted by Gasteiger charge is -2.19. The highest BCUT2D eigenvalue weighted by Gasteiger charge is 2.21. The van der Waals surface area contributed by atoms with E-state index >= 15 is 0 Å². The van der Waals surface area contributed by atoms with Crippen molar-refractivity contribution >= 4 is 11.8 Å². The van der Waals surface area contributed by atoms with Crippen LogP contribution >= 0.6 is 0 Å². The Morgan fingerprint density at radius 1 is 1.22 bits per heavy atom. The fourth-order valence-corrected chi connectivity index (χ4v) is 2.92. The molecule has 7 nitrogen and oxygen atoms in total. The van der Waals surface area contributed by atoms with Crippen LogP contribution in [-0.4, -0.2) is 27.9 Å². The summed E-state index contributed by atoms with van der Waals surface area (Å²) in [6, 6.07) is 10.8. The van der Waals surface area contributed by atoms with Crippen molar-refractivity contribution in [3.63, 3.8) is 0 Å². The number of furan rings is 1. The third-order valence-electron chi connectivity index (χ3n) is 4.25. The first-order valence-corrected chi connectivity index (χ1v) is 8.62. The van der Waals surface area contributed by atoms with E-state index in [0.717, 1.165) is 5.56 Å². The molecule has 2 amide bonds. The Hall–Kier alpha value is -3.35. The molecule has 1 atom stereocenters. The zero-order valence-electron chi connectivity index (χ0n) is 15.5. The largest absolute Gasteiger partial charge is 0.466 e. The van der Waals surface area contributed by atoms with Crippen molar-refractivity contribution < 1.29 is 14.0 Å². The van der Waals surface area contributed by atoms with E-state index in [9.17, 15) is 9.59 Å². The van der Waals surface area contributed by atoms with E-state index in [-0.39, 0.29) is 18.4 Å². The number of aromatic nitrogens is 2. The summed E-state index contributed by atoms with van der Waals surface area (Å²) < 4.78 is 7.21. The van der Waals surface area contributed by atoms with Crippen LogP contribution in [0.5, 0.6) is 0 Å². The Morgan fingerprint density at radius 2 is 1.96 bits per heavy atom. The van der Waals surface area contributed by atoms with Gasteiger partial charge in [0.05, 0.1) is 12.1 Å². The summed E-state index contributed by atoms with van der Waals surface area (Å²) in [6.45, 7) is 3.35. The number of benzene rings is 1. The Balaban J connectivity index is 1.69. The number of rotatable bonds is 6. The van der Waals surface area contributed by atoms with Gasteiger partial charge in [0.2, 0.25) is 5.91 Å². The van der Waals surface area contributed by atoms with E-state index in [1.807, 2.05) is 48.1 Å². The number of nitrogens with one attached hydrogen (secondary N) is 2. The third-order valence-corrected chi connectivity index (χ3v) is 4.25.